The van der Waals surface area contributed by atoms with Gasteiger partial charge in [-0.2, -0.15) is 0 Å². The molecule has 18 heteroatoms. The van der Waals surface area contributed by atoms with Gasteiger partial charge < -0.3 is 19.7 Å². The zero-order valence-corrected chi connectivity index (χ0v) is 42.1. The van der Waals surface area contributed by atoms with Gasteiger partial charge in [0, 0.05) is 13.2 Å². The Balaban J connectivity index is 5.73. The molecule has 6 atom stereocenters. The van der Waals surface area contributed by atoms with Crippen molar-refractivity contribution in [2.24, 2.45) is 11.8 Å². The molecule has 0 aromatic heterocycles. The maximum atomic E-state index is 11.1. The summed E-state index contributed by atoms with van der Waals surface area (Å²) >= 11 is 0. The molecule has 366 valence electrons. The van der Waals surface area contributed by atoms with E-state index in [1.54, 1.807) is 42.7 Å². The molecule has 60 heavy (non-hydrogen) atoms. The van der Waals surface area contributed by atoms with Gasteiger partial charge >= 0.3 is 219 Å². The summed E-state index contributed by atoms with van der Waals surface area (Å²) in [5, 5.41) is 44.5. The second kappa shape index (κ2) is 38.1. The van der Waals surface area contributed by atoms with Gasteiger partial charge in [0.15, 0.2) is 0 Å². The van der Waals surface area contributed by atoms with Gasteiger partial charge in [-0.1, -0.05) is 66.2 Å². The molecule has 0 bridgehead atoms. The smallest absolute Gasteiger partial charge is 0.389 e. The third kappa shape index (κ3) is 28.6. The molecule has 0 aromatic carbocycles. The van der Waals surface area contributed by atoms with Gasteiger partial charge in [-0.3, -0.25) is 0 Å². The molecule has 0 fully saturated rings. The summed E-state index contributed by atoms with van der Waals surface area (Å²) in [6.45, 7) is 13.3. The van der Waals surface area contributed by atoms with Crippen molar-refractivity contribution in [2.75, 3.05) is 135 Å². The van der Waals surface area contributed by atoms with E-state index in [1.165, 1.54) is 0 Å². The SMILES string of the molecule is CCCCC(CC)COCC(O)CN(CCN(CC(O)COCCC[SiH-](OC)(OC)OC)CC(O)COCCC[SiH-](OC)(OC)OC)CC(O)COCC(CC)CCCC. The van der Waals surface area contributed by atoms with Crippen LogP contribution < -0.4 is 0 Å². The van der Waals surface area contributed by atoms with Crippen molar-refractivity contribution >= 4 is 17.6 Å². The minimum atomic E-state index is -3.03. The van der Waals surface area contributed by atoms with Crippen molar-refractivity contribution in [3.8, 4) is 0 Å². The quantitative estimate of drug-likeness (QED) is 0.0515. The Labute approximate surface area is 367 Å². The molecule has 0 rings (SSSR count). The first-order valence-electron chi connectivity index (χ1n) is 23.0. The number of hydrogen-bond acceptors (Lipinski definition) is 16. The van der Waals surface area contributed by atoms with E-state index < -0.39 is 42.0 Å². The summed E-state index contributed by atoms with van der Waals surface area (Å²) in [6, 6.07) is 1.22. The fourth-order valence-corrected chi connectivity index (χ4v) is 11.2. The fourth-order valence-electron chi connectivity index (χ4n) is 7.33. The zero-order chi connectivity index (χ0) is 45.1. The molecule has 0 aliphatic heterocycles. The van der Waals surface area contributed by atoms with E-state index in [4.69, 9.17) is 45.5 Å². The molecule has 0 aromatic rings. The monoisotopic (exact) mass is 907 g/mol. The number of rotatable bonds is 45. The Kier molecular flexibility index (Phi) is 38.0. The number of aliphatic hydroxyl groups excluding tert-OH is 4. The number of nitrogens with zero attached hydrogens (tertiary/aromatic N) is 2. The predicted octanol–water partition coefficient (Wildman–Crippen LogP) is 3.53. The number of hydrogen-bond donors (Lipinski definition) is 4. The Morgan fingerprint density at radius 1 is 0.417 bits per heavy atom. The van der Waals surface area contributed by atoms with Crippen LogP contribution in [-0.2, 0) is 45.5 Å². The Bertz CT molecular complexity index is 863. The van der Waals surface area contributed by atoms with Gasteiger partial charge in [-0.05, 0) is 24.7 Å². The molecule has 0 saturated carbocycles. The van der Waals surface area contributed by atoms with Gasteiger partial charge in [0.1, 0.15) is 0 Å². The average molecular weight is 907 g/mol. The summed E-state index contributed by atoms with van der Waals surface area (Å²) in [7, 11) is 3.46. The van der Waals surface area contributed by atoms with Gasteiger partial charge in [0.25, 0.3) is 0 Å². The molecule has 4 N–H and O–H groups in total. The molecular formula is C42H94N2O14Si2-2. The van der Waals surface area contributed by atoms with Crippen LogP contribution in [0.5, 0.6) is 0 Å². The Morgan fingerprint density at radius 3 is 0.983 bits per heavy atom. The van der Waals surface area contributed by atoms with Crippen LogP contribution in [-0.4, -0.2) is 207 Å². The minimum Gasteiger partial charge on any atom is -0.389 e. The van der Waals surface area contributed by atoms with Crippen LogP contribution >= 0.6 is 0 Å². The topological polar surface area (TPSA) is 180 Å². The first-order chi connectivity index (χ1) is 28.9. The Morgan fingerprint density at radius 2 is 0.717 bits per heavy atom. The van der Waals surface area contributed by atoms with Crippen molar-refractivity contribution in [3.05, 3.63) is 0 Å². The van der Waals surface area contributed by atoms with Crippen LogP contribution in [0.25, 0.3) is 0 Å². The molecule has 0 amide bonds. The molecule has 0 aliphatic rings. The molecule has 16 nitrogen and oxygen atoms in total. The third-order valence-corrected chi connectivity index (χ3v) is 18.0. The van der Waals surface area contributed by atoms with Gasteiger partial charge in [0.2, 0.25) is 0 Å². The molecule has 0 saturated heterocycles. The van der Waals surface area contributed by atoms with Crippen molar-refractivity contribution in [1.82, 2.24) is 9.80 Å². The van der Waals surface area contributed by atoms with Crippen LogP contribution in [0.4, 0.5) is 0 Å². The number of ether oxygens (including phenoxy) is 4. The molecule has 0 spiro atoms. The van der Waals surface area contributed by atoms with E-state index in [0.717, 1.165) is 51.4 Å². The number of aliphatic hydroxyl groups is 4. The number of unbranched alkanes of at least 4 members (excludes halogenated alkanes) is 2. The van der Waals surface area contributed by atoms with Crippen LogP contribution in [0.15, 0.2) is 0 Å². The molecule has 6 unspecified atom stereocenters. The van der Waals surface area contributed by atoms with E-state index in [9.17, 15) is 20.4 Å². The van der Waals surface area contributed by atoms with E-state index in [1.807, 2.05) is 9.80 Å². The van der Waals surface area contributed by atoms with E-state index in [2.05, 4.69) is 27.7 Å². The average Bonchev–Trinajstić information content (AvgIpc) is 3.25. The first kappa shape index (κ1) is 59.8. The Hall–Kier alpha value is -0.206. The molecule has 0 radical (unpaired) electrons. The van der Waals surface area contributed by atoms with Crippen molar-refractivity contribution in [1.29, 1.82) is 0 Å². The van der Waals surface area contributed by atoms with Crippen molar-refractivity contribution in [3.63, 3.8) is 0 Å². The van der Waals surface area contributed by atoms with Crippen LogP contribution in [0.2, 0.25) is 12.1 Å². The predicted molar refractivity (Wildman–Crippen MR) is 242 cm³/mol. The summed E-state index contributed by atoms with van der Waals surface area (Å²) in [4.78, 5) is 3.99. The van der Waals surface area contributed by atoms with E-state index in [-0.39, 0.29) is 52.6 Å². The second-order valence-corrected chi connectivity index (χ2v) is 23.6. The minimum absolute atomic E-state index is 0.0997. The summed E-state index contributed by atoms with van der Waals surface area (Å²) in [5.74, 6) is 0.925. The second-order valence-electron chi connectivity index (χ2n) is 16.5. The molecular weight excluding hydrogens is 813 g/mol. The van der Waals surface area contributed by atoms with Gasteiger partial charge in [0.05, 0.1) is 25.4 Å². The summed E-state index contributed by atoms with van der Waals surface area (Å²) in [5.41, 5.74) is 0. The molecule has 0 heterocycles. The molecule has 0 aliphatic carbocycles. The summed E-state index contributed by atoms with van der Waals surface area (Å²) in [6.07, 6.45) is 6.99. The standard InChI is InChI=1S/C42H94N2O14Si2/c1-11-15-19-37(13-3)31-57-35-41(47)29-44(30-42(48)36-58-32-38(14-4)20-16-12-2)22-21-43(27-39(45)33-55-23-17-25-59(49-5,50-6)51-7)28-40(46)34-56-24-18-26-60(52-8,53-9)54-10/h37-42,45-48,59-60H,11-36H2,1-10H3/q-2. The van der Waals surface area contributed by atoms with Crippen LogP contribution in [0, 0.1) is 11.8 Å². The third-order valence-electron chi connectivity index (χ3n) is 11.5. The maximum absolute atomic E-state index is 11.1. The van der Waals surface area contributed by atoms with Crippen molar-refractivity contribution < 1.29 is 65.9 Å². The first-order valence-corrected chi connectivity index (χ1v) is 27.4. The normalized spacial score (nSPS) is 16.3. The van der Waals surface area contributed by atoms with E-state index in [0.29, 0.717) is 76.3 Å². The zero-order valence-electron chi connectivity index (χ0n) is 39.8. The van der Waals surface area contributed by atoms with Crippen molar-refractivity contribution in [2.45, 2.75) is 128 Å². The fraction of sp³-hybridized carbons (Fsp3) is 1.00. The van der Waals surface area contributed by atoms with Crippen LogP contribution in [0.3, 0.4) is 0 Å². The van der Waals surface area contributed by atoms with E-state index >= 15 is 0 Å². The summed E-state index contributed by atoms with van der Waals surface area (Å²) < 4.78 is 56.8. The van der Waals surface area contributed by atoms with Gasteiger partial charge in [-0.25, -0.2) is 0 Å². The van der Waals surface area contributed by atoms with Crippen LogP contribution in [0.1, 0.15) is 91.9 Å². The van der Waals surface area contributed by atoms with Gasteiger partial charge in [-0.15, -0.1) is 0 Å².